The fraction of sp³-hybridized carbons (Fsp3) is 0.200. The van der Waals surface area contributed by atoms with Crippen molar-refractivity contribution in [3.8, 4) is 0 Å². The SMILES string of the molecule is FC(F)(F)Sc1cnc(Cl)cn1. The molecule has 0 spiro atoms. The highest BCUT2D eigenvalue weighted by atomic mass is 35.5. The molecule has 0 fully saturated rings. The van der Waals surface area contributed by atoms with Crippen LogP contribution in [0.15, 0.2) is 17.4 Å². The first-order valence-corrected chi connectivity index (χ1v) is 3.90. The van der Waals surface area contributed by atoms with E-state index in [1.807, 2.05) is 0 Å². The van der Waals surface area contributed by atoms with Gasteiger partial charge in [0.05, 0.1) is 12.4 Å². The first kappa shape index (κ1) is 9.60. The van der Waals surface area contributed by atoms with Crippen molar-refractivity contribution >= 4 is 23.4 Å². The summed E-state index contributed by atoms with van der Waals surface area (Å²) in [6, 6.07) is 0. The molecule has 2 nitrogen and oxygen atoms in total. The van der Waals surface area contributed by atoms with Crippen LogP contribution in [0.5, 0.6) is 0 Å². The fourth-order valence-corrected chi connectivity index (χ4v) is 1.02. The molecule has 0 saturated heterocycles. The van der Waals surface area contributed by atoms with Gasteiger partial charge in [0.2, 0.25) is 0 Å². The van der Waals surface area contributed by atoms with E-state index in [0.29, 0.717) is 0 Å². The number of thioether (sulfide) groups is 1. The average Bonchev–Trinajstić information content (AvgIpc) is 1.91. The normalized spacial score (nSPS) is 11.7. The summed E-state index contributed by atoms with van der Waals surface area (Å²) in [4.78, 5) is 6.86. The molecule has 1 aromatic heterocycles. The second-order valence-electron chi connectivity index (χ2n) is 1.73. The summed E-state index contributed by atoms with van der Waals surface area (Å²) in [7, 11) is 0. The van der Waals surface area contributed by atoms with E-state index in [0.717, 1.165) is 12.4 Å². The number of halogens is 4. The summed E-state index contributed by atoms with van der Waals surface area (Å²) in [5, 5.41) is -0.145. The minimum atomic E-state index is -4.33. The first-order valence-electron chi connectivity index (χ1n) is 2.71. The summed E-state index contributed by atoms with van der Waals surface area (Å²) in [5.41, 5.74) is -4.33. The Hall–Kier alpha value is -0.490. The number of aromatic nitrogens is 2. The minimum absolute atomic E-state index is 0.0709. The number of hydrogen-bond acceptors (Lipinski definition) is 3. The van der Waals surface area contributed by atoms with Crippen molar-refractivity contribution in [2.45, 2.75) is 10.5 Å². The topological polar surface area (TPSA) is 25.8 Å². The maximum Gasteiger partial charge on any atom is 0.447 e. The van der Waals surface area contributed by atoms with Crippen LogP contribution in [0.3, 0.4) is 0 Å². The highest BCUT2D eigenvalue weighted by Crippen LogP contribution is 2.35. The molecule has 12 heavy (non-hydrogen) atoms. The van der Waals surface area contributed by atoms with Gasteiger partial charge in [0, 0.05) is 11.8 Å². The molecule has 0 radical (unpaired) electrons. The Labute approximate surface area is 75.2 Å². The molecule has 66 valence electrons. The lowest BCUT2D eigenvalue weighted by molar-refractivity contribution is -0.0329. The van der Waals surface area contributed by atoms with Crippen LogP contribution in [-0.2, 0) is 0 Å². The lowest BCUT2D eigenvalue weighted by Gasteiger charge is -2.02. The molecule has 0 bridgehead atoms. The first-order chi connectivity index (χ1) is 5.47. The molecule has 0 aliphatic heterocycles. The lowest BCUT2D eigenvalue weighted by Crippen LogP contribution is -2.00. The number of nitrogens with zero attached hydrogens (tertiary/aromatic N) is 2. The van der Waals surface area contributed by atoms with E-state index in [9.17, 15) is 13.2 Å². The van der Waals surface area contributed by atoms with Gasteiger partial charge in [-0.15, -0.1) is 0 Å². The van der Waals surface area contributed by atoms with E-state index in [1.54, 1.807) is 0 Å². The second-order valence-corrected chi connectivity index (χ2v) is 3.20. The average molecular weight is 215 g/mol. The summed E-state index contributed by atoms with van der Waals surface area (Å²) in [6.07, 6.45) is 2.04. The summed E-state index contributed by atoms with van der Waals surface area (Å²) in [6.45, 7) is 0. The molecular weight excluding hydrogens is 213 g/mol. The molecule has 1 heterocycles. The third-order valence-corrected chi connectivity index (χ3v) is 1.66. The van der Waals surface area contributed by atoms with Crippen molar-refractivity contribution in [3.05, 3.63) is 17.5 Å². The number of rotatable bonds is 1. The van der Waals surface area contributed by atoms with Crippen molar-refractivity contribution in [2.75, 3.05) is 0 Å². The Morgan fingerprint density at radius 3 is 2.33 bits per heavy atom. The van der Waals surface area contributed by atoms with E-state index in [4.69, 9.17) is 11.6 Å². The van der Waals surface area contributed by atoms with E-state index in [2.05, 4.69) is 9.97 Å². The van der Waals surface area contributed by atoms with Gasteiger partial charge in [-0.2, -0.15) is 13.2 Å². The molecule has 1 aromatic rings. The van der Waals surface area contributed by atoms with Crippen molar-refractivity contribution < 1.29 is 13.2 Å². The molecule has 0 amide bonds. The quantitative estimate of drug-likeness (QED) is 0.673. The van der Waals surface area contributed by atoms with Gasteiger partial charge >= 0.3 is 5.51 Å². The number of hydrogen-bond donors (Lipinski definition) is 0. The van der Waals surface area contributed by atoms with Crippen LogP contribution in [0, 0.1) is 0 Å². The fourth-order valence-electron chi connectivity index (χ4n) is 0.472. The van der Waals surface area contributed by atoms with Gasteiger partial charge in [0.25, 0.3) is 0 Å². The van der Waals surface area contributed by atoms with Gasteiger partial charge < -0.3 is 0 Å². The molecule has 0 unspecified atom stereocenters. The molecule has 0 aliphatic carbocycles. The zero-order chi connectivity index (χ0) is 9.19. The Morgan fingerprint density at radius 2 is 1.92 bits per heavy atom. The van der Waals surface area contributed by atoms with Crippen molar-refractivity contribution in [2.24, 2.45) is 0 Å². The van der Waals surface area contributed by atoms with Crippen molar-refractivity contribution in [1.29, 1.82) is 0 Å². The lowest BCUT2D eigenvalue weighted by atomic mass is 10.8. The van der Waals surface area contributed by atoms with Crippen LogP contribution < -0.4 is 0 Å². The van der Waals surface area contributed by atoms with Crippen molar-refractivity contribution in [3.63, 3.8) is 0 Å². The summed E-state index contributed by atoms with van der Waals surface area (Å²) in [5.74, 6) is 0. The van der Waals surface area contributed by atoms with Gasteiger partial charge in [0.15, 0.2) is 0 Å². The third-order valence-electron chi connectivity index (χ3n) is 0.817. The zero-order valence-corrected chi connectivity index (χ0v) is 7.04. The highest BCUT2D eigenvalue weighted by Gasteiger charge is 2.30. The van der Waals surface area contributed by atoms with Crippen molar-refractivity contribution in [1.82, 2.24) is 9.97 Å². The molecular formula is C5H2ClF3N2S. The predicted octanol–water partition coefficient (Wildman–Crippen LogP) is 2.74. The Kier molecular flexibility index (Phi) is 2.79. The van der Waals surface area contributed by atoms with Gasteiger partial charge in [-0.05, 0) is 0 Å². The van der Waals surface area contributed by atoms with E-state index in [1.165, 1.54) is 0 Å². The van der Waals surface area contributed by atoms with Crippen LogP contribution in [-0.4, -0.2) is 15.5 Å². The van der Waals surface area contributed by atoms with Crippen LogP contribution in [0.1, 0.15) is 0 Å². The van der Waals surface area contributed by atoms with Crippen LogP contribution in [0.2, 0.25) is 5.15 Å². The molecule has 0 N–H and O–H groups in total. The standard InChI is InChI=1S/C5H2ClF3N2S/c6-3-1-11-4(2-10-3)12-5(7,8)9/h1-2H. The van der Waals surface area contributed by atoms with Crippen LogP contribution in [0.4, 0.5) is 13.2 Å². The molecule has 1 rings (SSSR count). The van der Waals surface area contributed by atoms with Gasteiger partial charge in [-0.1, -0.05) is 11.6 Å². The molecule has 0 aromatic carbocycles. The number of alkyl halides is 3. The molecule has 0 atom stereocenters. The maximum atomic E-state index is 11.7. The van der Waals surface area contributed by atoms with Gasteiger partial charge in [0.1, 0.15) is 10.2 Å². The summed E-state index contributed by atoms with van der Waals surface area (Å²) >= 11 is 5.00. The molecule has 7 heteroatoms. The summed E-state index contributed by atoms with van der Waals surface area (Å²) < 4.78 is 35.1. The van der Waals surface area contributed by atoms with E-state index < -0.39 is 5.51 Å². The Morgan fingerprint density at radius 1 is 1.25 bits per heavy atom. The van der Waals surface area contributed by atoms with E-state index in [-0.39, 0.29) is 21.9 Å². The van der Waals surface area contributed by atoms with Crippen LogP contribution in [0.25, 0.3) is 0 Å². The molecule has 0 saturated carbocycles. The maximum absolute atomic E-state index is 11.7. The molecule has 0 aliphatic rings. The Balaban J connectivity index is 2.71. The third kappa shape index (κ3) is 3.27. The minimum Gasteiger partial charge on any atom is -0.245 e. The Bertz CT molecular complexity index is 260. The van der Waals surface area contributed by atoms with Gasteiger partial charge in [-0.25, -0.2) is 9.97 Å². The zero-order valence-electron chi connectivity index (χ0n) is 5.47. The van der Waals surface area contributed by atoms with E-state index >= 15 is 0 Å². The highest BCUT2D eigenvalue weighted by molar-refractivity contribution is 8.00. The van der Waals surface area contributed by atoms with Crippen LogP contribution >= 0.6 is 23.4 Å². The van der Waals surface area contributed by atoms with Gasteiger partial charge in [-0.3, -0.25) is 0 Å². The largest absolute Gasteiger partial charge is 0.447 e. The monoisotopic (exact) mass is 214 g/mol. The predicted molar refractivity (Wildman–Crippen MR) is 39.0 cm³/mol. The second kappa shape index (κ2) is 3.49. The smallest absolute Gasteiger partial charge is 0.245 e.